The molecule has 0 saturated carbocycles. The van der Waals surface area contributed by atoms with E-state index in [1.165, 1.54) is 30.0 Å². The molecule has 172 valence electrons. The molecule has 0 aliphatic carbocycles. The molecular formula is C25H22N4O4S. The molecule has 2 aromatic carbocycles. The molecule has 1 N–H and O–H groups in total. The molecule has 1 aliphatic rings. The Morgan fingerprint density at radius 1 is 1.21 bits per heavy atom. The van der Waals surface area contributed by atoms with Crippen molar-refractivity contribution in [3.8, 4) is 12.1 Å². The van der Waals surface area contributed by atoms with Crippen LogP contribution >= 0.6 is 11.8 Å². The van der Waals surface area contributed by atoms with E-state index in [2.05, 4.69) is 17.5 Å². The molecule has 34 heavy (non-hydrogen) atoms. The zero-order valence-electron chi connectivity index (χ0n) is 18.5. The minimum Gasteiger partial charge on any atom is -0.463 e. The Kier molecular flexibility index (Phi) is 8.44. The summed E-state index contributed by atoms with van der Waals surface area (Å²) in [7, 11) is 0. The maximum absolute atomic E-state index is 13.2. The van der Waals surface area contributed by atoms with Crippen LogP contribution in [0.1, 0.15) is 36.8 Å². The first-order valence-corrected chi connectivity index (χ1v) is 11.6. The minimum atomic E-state index is -0.862. The van der Waals surface area contributed by atoms with Gasteiger partial charge < -0.3 is 10.1 Å². The monoisotopic (exact) mass is 474 g/mol. The van der Waals surface area contributed by atoms with Crippen LogP contribution in [0.2, 0.25) is 0 Å². The molecule has 2 aromatic rings. The Morgan fingerprint density at radius 3 is 2.62 bits per heavy atom. The van der Waals surface area contributed by atoms with Crippen LogP contribution in [0.15, 0.2) is 70.8 Å². The summed E-state index contributed by atoms with van der Waals surface area (Å²) in [4.78, 5) is 24.2. The van der Waals surface area contributed by atoms with Crippen LogP contribution in [-0.4, -0.2) is 23.3 Å². The van der Waals surface area contributed by atoms with Gasteiger partial charge in [-0.25, -0.2) is 4.79 Å². The first-order chi connectivity index (χ1) is 16.5. The molecule has 8 nitrogen and oxygen atoms in total. The Bertz CT molecular complexity index is 1230. The second-order valence-corrected chi connectivity index (χ2v) is 8.36. The molecule has 0 fully saturated rings. The highest BCUT2D eigenvalue weighted by Gasteiger charge is 2.37. The number of unbranched alkanes of at least 4 members (excludes halogenated alkanes) is 1. The lowest BCUT2D eigenvalue weighted by Gasteiger charge is -2.30. The number of carbonyl (C=O) groups excluding carboxylic acids is 1. The third-order valence-electron chi connectivity index (χ3n) is 5.10. The van der Waals surface area contributed by atoms with E-state index >= 15 is 0 Å². The second-order valence-electron chi connectivity index (χ2n) is 7.25. The van der Waals surface area contributed by atoms with Crippen molar-refractivity contribution in [2.75, 3.05) is 12.4 Å². The highest BCUT2D eigenvalue weighted by atomic mass is 32.2. The van der Waals surface area contributed by atoms with Gasteiger partial charge in [0.05, 0.1) is 51.5 Å². The van der Waals surface area contributed by atoms with Crippen LogP contribution in [0.4, 0.5) is 5.69 Å². The van der Waals surface area contributed by atoms with Gasteiger partial charge in [-0.1, -0.05) is 42.5 Å². The third-order valence-corrected chi connectivity index (χ3v) is 6.21. The molecule has 1 unspecified atom stereocenters. The van der Waals surface area contributed by atoms with Crippen molar-refractivity contribution < 1.29 is 14.5 Å². The van der Waals surface area contributed by atoms with Gasteiger partial charge in [0.25, 0.3) is 5.69 Å². The number of hydrogen-bond acceptors (Lipinski definition) is 8. The van der Waals surface area contributed by atoms with Crippen molar-refractivity contribution >= 4 is 29.1 Å². The molecule has 1 atom stereocenters. The summed E-state index contributed by atoms with van der Waals surface area (Å²) in [6.45, 7) is 1.82. The molecule has 0 saturated heterocycles. The molecule has 0 spiro atoms. The summed E-state index contributed by atoms with van der Waals surface area (Å²) < 4.78 is 5.36. The lowest BCUT2D eigenvalue weighted by Crippen LogP contribution is -2.29. The van der Waals surface area contributed by atoms with Gasteiger partial charge in [0.15, 0.2) is 0 Å². The number of thioether (sulfide) groups is 1. The number of ether oxygens (including phenoxy) is 1. The van der Waals surface area contributed by atoms with Crippen LogP contribution in [0.25, 0.3) is 5.70 Å². The molecule has 1 heterocycles. The average molecular weight is 475 g/mol. The smallest absolute Gasteiger partial charge is 0.337 e. The normalized spacial score (nSPS) is 15.2. The van der Waals surface area contributed by atoms with Gasteiger partial charge in [0, 0.05) is 24.3 Å². The molecule has 3 rings (SSSR count). The Hall–Kier alpha value is -4.08. The summed E-state index contributed by atoms with van der Waals surface area (Å²) in [6, 6.07) is 19.4. The van der Waals surface area contributed by atoms with Gasteiger partial charge in [-0.05, 0) is 24.5 Å². The number of non-ortho nitro benzene ring substituents is 1. The number of nitro benzene ring substituents is 1. The summed E-state index contributed by atoms with van der Waals surface area (Å²) in [5, 5.41) is 34.2. The van der Waals surface area contributed by atoms with Gasteiger partial charge in [0.1, 0.15) is 0 Å². The van der Waals surface area contributed by atoms with Gasteiger partial charge in [-0.2, -0.15) is 10.5 Å². The first-order valence-electron chi connectivity index (χ1n) is 10.6. The van der Waals surface area contributed by atoms with E-state index in [1.807, 2.05) is 30.3 Å². The Balaban J connectivity index is 2.25. The summed E-state index contributed by atoms with van der Waals surface area (Å²) >= 11 is 1.38. The fourth-order valence-electron chi connectivity index (χ4n) is 3.64. The van der Waals surface area contributed by atoms with E-state index < -0.39 is 16.8 Å². The van der Waals surface area contributed by atoms with Crippen LogP contribution < -0.4 is 5.32 Å². The number of nitrogens with one attached hydrogen (secondary N) is 1. The molecule has 1 aliphatic heterocycles. The fraction of sp³-hybridized carbons (Fsp3) is 0.240. The summed E-state index contributed by atoms with van der Waals surface area (Å²) in [6.07, 6.45) is 1.01. The highest BCUT2D eigenvalue weighted by molar-refractivity contribution is 8.03. The van der Waals surface area contributed by atoms with Crippen molar-refractivity contribution in [1.29, 1.82) is 10.5 Å². The molecular weight excluding hydrogens is 452 g/mol. The van der Waals surface area contributed by atoms with Crippen molar-refractivity contribution in [2.45, 2.75) is 25.7 Å². The van der Waals surface area contributed by atoms with Crippen molar-refractivity contribution in [1.82, 2.24) is 5.32 Å². The number of nitro groups is 1. The van der Waals surface area contributed by atoms with E-state index in [4.69, 9.17) is 10.00 Å². The number of rotatable bonds is 9. The molecule has 0 aromatic heterocycles. The van der Waals surface area contributed by atoms with Gasteiger partial charge in [-0.3, -0.25) is 10.1 Å². The van der Waals surface area contributed by atoms with Gasteiger partial charge >= 0.3 is 5.97 Å². The minimum absolute atomic E-state index is 0.132. The number of allylic oxidation sites excluding steroid dienone is 1. The Labute approximate surface area is 201 Å². The predicted molar refractivity (Wildman–Crippen MR) is 129 cm³/mol. The second kappa shape index (κ2) is 11.7. The predicted octanol–water partition coefficient (Wildman–Crippen LogP) is 5.03. The van der Waals surface area contributed by atoms with E-state index in [9.17, 15) is 20.2 Å². The largest absolute Gasteiger partial charge is 0.463 e. The number of dihydropyridines is 1. The lowest BCUT2D eigenvalue weighted by molar-refractivity contribution is -0.384. The van der Waals surface area contributed by atoms with Crippen LogP contribution in [0.3, 0.4) is 0 Å². The maximum atomic E-state index is 13.2. The Morgan fingerprint density at radius 2 is 1.97 bits per heavy atom. The number of hydrogen-bond donors (Lipinski definition) is 1. The SMILES string of the molecule is CCOC(=O)C1=C(c2ccccc2)NC(SCCCC#N)=C(C#N)C1c1cccc([N+](=O)[O-])c1. The van der Waals surface area contributed by atoms with Crippen molar-refractivity contribution in [2.24, 2.45) is 0 Å². The van der Waals surface area contributed by atoms with Crippen molar-refractivity contribution in [3.05, 3.63) is 92.0 Å². The first kappa shape index (κ1) is 24.6. The molecule has 0 amide bonds. The zero-order chi connectivity index (χ0) is 24.5. The van der Waals surface area contributed by atoms with Crippen molar-refractivity contribution in [3.63, 3.8) is 0 Å². The van der Waals surface area contributed by atoms with E-state index in [0.717, 1.165) is 0 Å². The molecule has 0 bridgehead atoms. The van der Waals surface area contributed by atoms with E-state index in [-0.39, 0.29) is 23.4 Å². The summed E-state index contributed by atoms with van der Waals surface area (Å²) in [5.41, 5.74) is 1.99. The van der Waals surface area contributed by atoms with Gasteiger partial charge in [-0.15, -0.1) is 11.8 Å². The molecule has 9 heteroatoms. The van der Waals surface area contributed by atoms with Crippen LogP contribution in [-0.2, 0) is 9.53 Å². The quantitative estimate of drug-likeness (QED) is 0.232. The topological polar surface area (TPSA) is 129 Å². The zero-order valence-corrected chi connectivity index (χ0v) is 19.3. The number of carbonyl (C=O) groups is 1. The average Bonchev–Trinajstić information content (AvgIpc) is 2.86. The highest BCUT2D eigenvalue weighted by Crippen LogP contribution is 2.44. The van der Waals surface area contributed by atoms with E-state index in [0.29, 0.717) is 40.4 Å². The fourth-order valence-corrected chi connectivity index (χ4v) is 4.62. The summed E-state index contributed by atoms with van der Waals surface area (Å²) in [5.74, 6) is -0.884. The molecule has 0 radical (unpaired) electrons. The maximum Gasteiger partial charge on any atom is 0.337 e. The number of nitrogens with zero attached hydrogens (tertiary/aromatic N) is 3. The van der Waals surface area contributed by atoms with Crippen LogP contribution in [0.5, 0.6) is 0 Å². The van der Waals surface area contributed by atoms with Crippen LogP contribution in [0, 0.1) is 32.8 Å². The lowest BCUT2D eigenvalue weighted by atomic mass is 9.81. The van der Waals surface area contributed by atoms with Gasteiger partial charge in [0.2, 0.25) is 0 Å². The standard InChI is InChI=1S/C25H22N4O4S/c1-2-33-25(30)22-21(18-11-8-12-19(15-18)29(31)32)20(16-27)24(34-14-7-6-13-26)28-23(22)17-9-4-3-5-10-17/h3-5,8-12,15,21,28H,2,6-7,14H2,1H3. The number of benzene rings is 2. The van der Waals surface area contributed by atoms with E-state index in [1.54, 1.807) is 13.0 Å². The number of esters is 1. The number of nitriles is 2. The third kappa shape index (κ3) is 5.45.